The van der Waals surface area contributed by atoms with Crippen LogP contribution in [0.4, 0.5) is 10.5 Å². The second-order valence-corrected chi connectivity index (χ2v) is 14.2. The number of nitrogens with two attached hydrogens (primary N) is 1. The summed E-state index contributed by atoms with van der Waals surface area (Å²) in [5.74, 6) is -1.08. The van der Waals surface area contributed by atoms with E-state index in [0.717, 1.165) is 6.04 Å². The number of anilines is 1. The molecule has 0 aliphatic heterocycles. The van der Waals surface area contributed by atoms with Crippen LogP contribution in [0.25, 0.3) is 0 Å². The standard InChI is InChI=1S/C17H32N4O6Si.H2S/c1-17(2,3)27-16(24)20-13(15(22)23)10-26-14-12(18)9-19-21(14)11-25-7-8-28(4,5)6;/h9,13H,7-8,10-11,18H2,1-6H3,(H,20,24)(H,22,23);1H2/t13-;/m0./s1. The number of alkyl carbamates (subject to hydrolysis) is 1. The maximum atomic E-state index is 11.8. The first-order valence-corrected chi connectivity index (χ1v) is 12.7. The fourth-order valence-corrected chi connectivity index (χ4v) is 2.71. The Bertz CT molecular complexity index is 672. The zero-order valence-electron chi connectivity index (χ0n) is 17.9. The Morgan fingerprint density at radius 3 is 2.48 bits per heavy atom. The second kappa shape index (κ2) is 11.3. The van der Waals surface area contributed by atoms with Crippen molar-refractivity contribution < 1.29 is 28.9 Å². The van der Waals surface area contributed by atoms with E-state index in [1.54, 1.807) is 20.8 Å². The molecule has 0 radical (unpaired) electrons. The Balaban J connectivity index is 0.00000784. The molecule has 1 aromatic rings. The van der Waals surface area contributed by atoms with Crippen LogP contribution in [0.3, 0.4) is 0 Å². The van der Waals surface area contributed by atoms with E-state index in [1.807, 2.05) is 0 Å². The minimum absolute atomic E-state index is 0. The second-order valence-electron chi connectivity index (χ2n) is 8.60. The SMILES string of the molecule is CC(C)(C)OC(=O)N[C@@H](COc1c(N)cnn1COCC[Si](C)(C)C)C(=O)O.S. The van der Waals surface area contributed by atoms with E-state index in [9.17, 15) is 14.7 Å². The lowest BCUT2D eigenvalue weighted by Gasteiger charge is -2.22. The summed E-state index contributed by atoms with van der Waals surface area (Å²) in [4.78, 5) is 23.2. The number of amides is 1. The van der Waals surface area contributed by atoms with Gasteiger partial charge < -0.3 is 30.4 Å². The quantitative estimate of drug-likeness (QED) is 0.364. The minimum Gasteiger partial charge on any atom is -0.480 e. The van der Waals surface area contributed by atoms with Crippen molar-refractivity contribution in [3.63, 3.8) is 0 Å². The smallest absolute Gasteiger partial charge is 0.408 e. The lowest BCUT2D eigenvalue weighted by molar-refractivity contribution is -0.140. The Kier molecular flexibility index (Phi) is 10.6. The number of carboxylic acid groups (broad SMARTS) is 1. The molecule has 0 spiro atoms. The van der Waals surface area contributed by atoms with E-state index < -0.39 is 31.8 Å². The van der Waals surface area contributed by atoms with Gasteiger partial charge in [-0.1, -0.05) is 19.6 Å². The number of nitrogens with zero attached hydrogens (tertiary/aromatic N) is 2. The normalized spacial score (nSPS) is 12.6. The first kappa shape index (κ1) is 27.1. The van der Waals surface area contributed by atoms with Gasteiger partial charge in [0.05, 0.1) is 6.20 Å². The summed E-state index contributed by atoms with van der Waals surface area (Å²) in [6, 6.07) is -0.314. The maximum absolute atomic E-state index is 11.8. The third-order valence-electron chi connectivity index (χ3n) is 3.40. The van der Waals surface area contributed by atoms with Crippen molar-refractivity contribution in [3.8, 4) is 5.88 Å². The predicted octanol–water partition coefficient (Wildman–Crippen LogP) is 2.25. The highest BCUT2D eigenvalue weighted by Gasteiger charge is 2.25. The largest absolute Gasteiger partial charge is 0.480 e. The predicted molar refractivity (Wildman–Crippen MR) is 117 cm³/mol. The van der Waals surface area contributed by atoms with Crippen molar-refractivity contribution in [2.24, 2.45) is 0 Å². The number of aromatic nitrogens is 2. The molecule has 0 saturated heterocycles. The van der Waals surface area contributed by atoms with Crippen LogP contribution in [0.1, 0.15) is 20.8 Å². The number of carbonyl (C=O) groups excluding carboxylic acids is 1. The van der Waals surface area contributed by atoms with Gasteiger partial charge in [-0.05, 0) is 26.8 Å². The summed E-state index contributed by atoms with van der Waals surface area (Å²) in [6.45, 7) is 12.2. The maximum Gasteiger partial charge on any atom is 0.408 e. The highest BCUT2D eigenvalue weighted by atomic mass is 32.1. The third-order valence-corrected chi connectivity index (χ3v) is 5.11. The molecule has 0 aliphatic rings. The molecule has 10 nitrogen and oxygen atoms in total. The van der Waals surface area contributed by atoms with Gasteiger partial charge in [0.2, 0.25) is 5.88 Å². The molecular formula is C17H34N4O6SSi. The fourth-order valence-electron chi connectivity index (χ4n) is 1.95. The van der Waals surface area contributed by atoms with Gasteiger partial charge in [0, 0.05) is 14.7 Å². The number of hydrogen-bond donors (Lipinski definition) is 3. The molecule has 0 bridgehead atoms. The molecule has 12 heteroatoms. The summed E-state index contributed by atoms with van der Waals surface area (Å²) in [6.07, 6.45) is 0.550. The van der Waals surface area contributed by atoms with Gasteiger partial charge in [-0.3, -0.25) is 0 Å². The summed E-state index contributed by atoms with van der Waals surface area (Å²) >= 11 is 0. The molecular weight excluding hydrogens is 416 g/mol. The number of aliphatic carboxylic acids is 1. The number of carbonyl (C=O) groups is 2. The highest BCUT2D eigenvalue weighted by Crippen LogP contribution is 2.21. The van der Waals surface area contributed by atoms with E-state index in [2.05, 4.69) is 30.1 Å². The molecule has 4 N–H and O–H groups in total. The Morgan fingerprint density at radius 1 is 1.34 bits per heavy atom. The van der Waals surface area contributed by atoms with Crippen LogP contribution in [-0.2, 0) is 21.0 Å². The molecule has 1 atom stereocenters. The van der Waals surface area contributed by atoms with Gasteiger partial charge in [-0.2, -0.15) is 18.6 Å². The number of nitrogens with one attached hydrogen (secondary N) is 1. The summed E-state index contributed by atoms with van der Waals surface area (Å²) in [5.41, 5.74) is 5.35. The van der Waals surface area contributed by atoms with E-state index in [0.29, 0.717) is 6.61 Å². The molecule has 168 valence electrons. The van der Waals surface area contributed by atoms with E-state index in [4.69, 9.17) is 19.9 Å². The molecule has 1 aromatic heterocycles. The van der Waals surface area contributed by atoms with Crippen LogP contribution < -0.4 is 15.8 Å². The van der Waals surface area contributed by atoms with Gasteiger partial charge in [0.1, 0.15) is 24.6 Å². The lowest BCUT2D eigenvalue weighted by atomic mass is 10.2. The van der Waals surface area contributed by atoms with Gasteiger partial charge in [-0.15, -0.1) is 0 Å². The van der Waals surface area contributed by atoms with Crippen LogP contribution in [0.15, 0.2) is 6.20 Å². The van der Waals surface area contributed by atoms with Crippen LogP contribution in [0.2, 0.25) is 25.7 Å². The highest BCUT2D eigenvalue weighted by molar-refractivity contribution is 7.59. The van der Waals surface area contributed by atoms with Gasteiger partial charge in [0.25, 0.3) is 0 Å². The summed E-state index contributed by atoms with van der Waals surface area (Å²) in [7, 11) is -1.21. The van der Waals surface area contributed by atoms with Crippen molar-refractivity contribution in [2.75, 3.05) is 18.9 Å². The minimum atomic E-state index is -1.31. The number of ether oxygens (including phenoxy) is 3. The van der Waals surface area contributed by atoms with E-state index in [-0.39, 0.29) is 38.4 Å². The Hall–Kier alpha value is -1.92. The summed E-state index contributed by atoms with van der Waals surface area (Å²) < 4.78 is 17.6. The molecule has 29 heavy (non-hydrogen) atoms. The zero-order valence-corrected chi connectivity index (χ0v) is 19.9. The Labute approximate surface area is 179 Å². The number of carboxylic acids is 1. The molecule has 0 fully saturated rings. The van der Waals surface area contributed by atoms with Crippen LogP contribution in [0.5, 0.6) is 5.88 Å². The topological polar surface area (TPSA) is 138 Å². The van der Waals surface area contributed by atoms with E-state index >= 15 is 0 Å². The average Bonchev–Trinajstić information content (AvgIpc) is 2.85. The van der Waals surface area contributed by atoms with Crippen LogP contribution in [0, 0.1) is 0 Å². The lowest BCUT2D eigenvalue weighted by Crippen LogP contribution is -2.46. The van der Waals surface area contributed by atoms with Gasteiger partial charge >= 0.3 is 12.1 Å². The molecule has 0 aromatic carbocycles. The van der Waals surface area contributed by atoms with Crippen LogP contribution in [-0.4, -0.2) is 59.9 Å². The third kappa shape index (κ3) is 11.0. The van der Waals surface area contributed by atoms with Gasteiger partial charge in [-0.25, -0.2) is 14.3 Å². The summed E-state index contributed by atoms with van der Waals surface area (Å²) in [5, 5.41) is 15.6. The molecule has 0 saturated carbocycles. The van der Waals surface area contributed by atoms with Crippen molar-refractivity contribution in [2.45, 2.75) is 64.8 Å². The zero-order chi connectivity index (χ0) is 21.5. The van der Waals surface area contributed by atoms with Crippen molar-refractivity contribution in [1.29, 1.82) is 0 Å². The number of rotatable bonds is 10. The van der Waals surface area contributed by atoms with Crippen molar-refractivity contribution in [3.05, 3.63) is 6.20 Å². The first-order valence-electron chi connectivity index (χ1n) is 9.02. The molecule has 1 amide bonds. The number of nitrogen functional groups attached to an aromatic ring is 1. The van der Waals surface area contributed by atoms with Crippen molar-refractivity contribution in [1.82, 2.24) is 15.1 Å². The Morgan fingerprint density at radius 2 is 1.97 bits per heavy atom. The monoisotopic (exact) mass is 450 g/mol. The molecule has 0 unspecified atom stereocenters. The van der Waals surface area contributed by atoms with Gasteiger partial charge in [0.15, 0.2) is 6.04 Å². The number of hydrogen-bond acceptors (Lipinski definition) is 7. The first-order chi connectivity index (χ1) is 12.8. The van der Waals surface area contributed by atoms with Crippen molar-refractivity contribution >= 4 is 39.3 Å². The van der Waals surface area contributed by atoms with E-state index in [1.165, 1.54) is 10.9 Å². The fraction of sp³-hybridized carbons (Fsp3) is 0.706. The molecule has 1 heterocycles. The molecule has 0 aliphatic carbocycles. The molecule has 1 rings (SSSR count). The van der Waals surface area contributed by atoms with Crippen LogP contribution >= 0.6 is 13.5 Å². The average molecular weight is 451 g/mol.